The Balaban J connectivity index is 2.14. The summed E-state index contributed by atoms with van der Waals surface area (Å²) in [7, 11) is 1.60. The highest BCUT2D eigenvalue weighted by Crippen LogP contribution is 2.37. The van der Waals surface area contributed by atoms with Crippen LogP contribution in [0.4, 0.5) is 5.82 Å². The smallest absolute Gasteiger partial charge is 0.254 e. The van der Waals surface area contributed by atoms with E-state index in [-0.39, 0.29) is 11.4 Å². The van der Waals surface area contributed by atoms with E-state index in [2.05, 4.69) is 30.9 Å². The maximum atomic E-state index is 12.3. The van der Waals surface area contributed by atoms with E-state index in [1.54, 1.807) is 17.9 Å². The van der Waals surface area contributed by atoms with Crippen molar-refractivity contribution in [1.29, 1.82) is 0 Å². The molecule has 1 amide bonds. The minimum atomic E-state index is -0.675. The molecule has 8 nitrogen and oxygen atoms in total. The number of carbonyl (C=O) groups is 1. The number of benzene rings is 1. The second-order valence-electron chi connectivity index (χ2n) is 6.39. The van der Waals surface area contributed by atoms with Crippen molar-refractivity contribution in [2.45, 2.75) is 13.8 Å². The van der Waals surface area contributed by atoms with E-state index in [0.29, 0.717) is 32.2 Å². The summed E-state index contributed by atoms with van der Waals surface area (Å²) < 4.78 is 7.66. The molecule has 0 aliphatic heterocycles. The zero-order chi connectivity index (χ0) is 20.9. The van der Waals surface area contributed by atoms with Crippen LogP contribution in [0.3, 0.4) is 0 Å². The highest BCUT2D eigenvalue weighted by Gasteiger charge is 2.27. The zero-order valence-corrected chi connectivity index (χ0v) is 18.3. The SMILES string of the molecule is COc1ccc(C)c(-n2c(N)c(C(N)=O)c3nc(-c4nccs4)c(Br)nc32)c1C. The predicted octanol–water partition coefficient (Wildman–Crippen LogP) is 3.61. The normalized spacial score (nSPS) is 11.2. The van der Waals surface area contributed by atoms with Gasteiger partial charge in [0.05, 0.1) is 12.8 Å². The number of anilines is 1. The molecule has 3 aromatic heterocycles. The van der Waals surface area contributed by atoms with Gasteiger partial charge in [0, 0.05) is 17.1 Å². The quantitative estimate of drug-likeness (QED) is 0.467. The van der Waals surface area contributed by atoms with Gasteiger partial charge in [-0.15, -0.1) is 11.3 Å². The molecule has 4 rings (SSSR count). The molecule has 0 fully saturated rings. The first kappa shape index (κ1) is 19.3. The Kier molecular flexibility index (Phi) is 4.75. The number of hydrogen-bond donors (Lipinski definition) is 2. The summed E-state index contributed by atoms with van der Waals surface area (Å²) in [5, 5.41) is 2.51. The van der Waals surface area contributed by atoms with Crippen LogP contribution in [0.2, 0.25) is 0 Å². The van der Waals surface area contributed by atoms with Gasteiger partial charge < -0.3 is 16.2 Å². The molecule has 148 valence electrons. The third-order valence-corrected chi connectivity index (χ3v) is 6.02. The first-order chi connectivity index (χ1) is 13.8. The predicted molar refractivity (Wildman–Crippen MR) is 117 cm³/mol. The van der Waals surface area contributed by atoms with E-state index in [1.165, 1.54) is 11.3 Å². The Morgan fingerprint density at radius 1 is 1.28 bits per heavy atom. The van der Waals surface area contributed by atoms with Gasteiger partial charge in [-0.3, -0.25) is 9.36 Å². The van der Waals surface area contributed by atoms with Crippen LogP contribution >= 0.6 is 27.3 Å². The Morgan fingerprint density at radius 2 is 2.03 bits per heavy atom. The molecule has 4 N–H and O–H groups in total. The van der Waals surface area contributed by atoms with Crippen molar-refractivity contribution < 1.29 is 9.53 Å². The third kappa shape index (κ3) is 2.95. The van der Waals surface area contributed by atoms with E-state index >= 15 is 0 Å². The molecule has 0 saturated carbocycles. The topological polar surface area (TPSA) is 122 Å². The Morgan fingerprint density at radius 3 is 2.66 bits per heavy atom. The molecule has 4 aromatic rings. The molecule has 0 radical (unpaired) electrons. The van der Waals surface area contributed by atoms with Crippen molar-refractivity contribution in [3.63, 3.8) is 0 Å². The van der Waals surface area contributed by atoms with Gasteiger partial charge in [-0.2, -0.15) is 0 Å². The third-order valence-electron chi connectivity index (χ3n) is 4.69. The minimum Gasteiger partial charge on any atom is -0.496 e. The van der Waals surface area contributed by atoms with E-state index < -0.39 is 5.91 Å². The number of nitrogens with zero attached hydrogens (tertiary/aromatic N) is 4. The highest BCUT2D eigenvalue weighted by atomic mass is 79.9. The van der Waals surface area contributed by atoms with Gasteiger partial charge in [0.15, 0.2) is 5.65 Å². The Bertz CT molecular complexity index is 1270. The molecule has 0 atom stereocenters. The average Bonchev–Trinajstić information content (AvgIpc) is 3.28. The van der Waals surface area contributed by atoms with Gasteiger partial charge in [-0.25, -0.2) is 15.0 Å². The van der Waals surface area contributed by atoms with Crippen molar-refractivity contribution in [3.05, 3.63) is 45.0 Å². The number of hydrogen-bond acceptors (Lipinski definition) is 7. The fraction of sp³-hybridized carbons (Fsp3) is 0.158. The molecule has 0 unspecified atom stereocenters. The van der Waals surface area contributed by atoms with Crippen molar-refractivity contribution in [3.8, 4) is 22.1 Å². The molecular weight excluding hydrogens is 456 g/mol. The number of aromatic nitrogens is 4. The number of aryl methyl sites for hydroxylation is 1. The Hall–Kier alpha value is -2.98. The molecule has 29 heavy (non-hydrogen) atoms. The number of halogens is 1. The summed E-state index contributed by atoms with van der Waals surface area (Å²) in [6, 6.07) is 3.80. The van der Waals surface area contributed by atoms with E-state index in [9.17, 15) is 4.79 Å². The molecule has 0 aliphatic carbocycles. The molecule has 0 saturated heterocycles. The molecule has 10 heteroatoms. The number of methoxy groups -OCH3 is 1. The van der Waals surface area contributed by atoms with Crippen LogP contribution in [-0.4, -0.2) is 32.5 Å². The average molecular weight is 473 g/mol. The zero-order valence-electron chi connectivity index (χ0n) is 15.9. The number of rotatable bonds is 4. The number of amides is 1. The molecule has 1 aromatic carbocycles. The van der Waals surface area contributed by atoms with Gasteiger partial charge in [-0.1, -0.05) is 6.07 Å². The number of primary amides is 1. The summed E-state index contributed by atoms with van der Waals surface area (Å²) in [5.74, 6) is 0.195. The summed E-state index contributed by atoms with van der Waals surface area (Å²) in [5.41, 5.74) is 16.0. The number of carbonyl (C=O) groups excluding carboxylic acids is 1. The van der Waals surface area contributed by atoms with Crippen LogP contribution in [0.1, 0.15) is 21.5 Å². The highest BCUT2D eigenvalue weighted by molar-refractivity contribution is 9.10. The second kappa shape index (κ2) is 7.12. The van der Waals surface area contributed by atoms with Gasteiger partial charge in [-0.05, 0) is 41.4 Å². The molecule has 0 bridgehead atoms. The van der Waals surface area contributed by atoms with Crippen molar-refractivity contribution in [1.82, 2.24) is 19.5 Å². The van der Waals surface area contributed by atoms with Crippen LogP contribution < -0.4 is 16.2 Å². The van der Waals surface area contributed by atoms with Crippen LogP contribution in [-0.2, 0) is 0 Å². The maximum absolute atomic E-state index is 12.3. The molecule has 0 spiro atoms. The fourth-order valence-corrected chi connectivity index (χ4v) is 4.61. The van der Waals surface area contributed by atoms with Crippen LogP contribution in [0, 0.1) is 13.8 Å². The van der Waals surface area contributed by atoms with E-state index in [4.69, 9.17) is 16.2 Å². The first-order valence-corrected chi connectivity index (χ1v) is 10.2. The van der Waals surface area contributed by atoms with Gasteiger partial charge in [0.1, 0.15) is 38.0 Å². The van der Waals surface area contributed by atoms with Gasteiger partial charge in [0.2, 0.25) is 0 Å². The van der Waals surface area contributed by atoms with Crippen molar-refractivity contribution >= 4 is 50.2 Å². The van der Waals surface area contributed by atoms with Crippen LogP contribution in [0.25, 0.3) is 27.6 Å². The van der Waals surface area contributed by atoms with Gasteiger partial charge >= 0.3 is 0 Å². The summed E-state index contributed by atoms with van der Waals surface area (Å²) in [4.78, 5) is 25.9. The second-order valence-corrected chi connectivity index (χ2v) is 8.04. The lowest BCUT2D eigenvalue weighted by Crippen LogP contribution is -2.14. The minimum absolute atomic E-state index is 0.124. The largest absolute Gasteiger partial charge is 0.496 e. The lowest BCUT2D eigenvalue weighted by molar-refractivity contribution is 0.100. The van der Waals surface area contributed by atoms with Crippen LogP contribution in [0.15, 0.2) is 28.3 Å². The lowest BCUT2D eigenvalue weighted by atomic mass is 10.1. The number of nitrogen functional groups attached to an aromatic ring is 1. The summed E-state index contributed by atoms with van der Waals surface area (Å²) >= 11 is 4.90. The van der Waals surface area contributed by atoms with E-state index in [0.717, 1.165) is 16.8 Å². The Labute approximate surface area is 178 Å². The lowest BCUT2D eigenvalue weighted by Gasteiger charge is -2.16. The number of nitrogens with two attached hydrogens (primary N) is 2. The molecule has 3 heterocycles. The monoisotopic (exact) mass is 472 g/mol. The van der Waals surface area contributed by atoms with Crippen LogP contribution in [0.5, 0.6) is 5.75 Å². The maximum Gasteiger partial charge on any atom is 0.254 e. The molecule has 0 aliphatic rings. The van der Waals surface area contributed by atoms with Crippen molar-refractivity contribution in [2.24, 2.45) is 5.73 Å². The first-order valence-electron chi connectivity index (χ1n) is 8.56. The van der Waals surface area contributed by atoms with E-state index in [1.807, 2.05) is 31.4 Å². The van der Waals surface area contributed by atoms with Gasteiger partial charge in [0.25, 0.3) is 5.91 Å². The fourth-order valence-electron chi connectivity index (χ4n) is 3.41. The molecular formula is C19H17BrN6O2S. The van der Waals surface area contributed by atoms with Crippen molar-refractivity contribution in [2.75, 3.05) is 12.8 Å². The number of fused-ring (bicyclic) bond motifs is 1. The number of ether oxygens (including phenoxy) is 1. The summed E-state index contributed by atoms with van der Waals surface area (Å²) in [6.45, 7) is 3.87. The number of thiazole rings is 1. The standard InChI is InChI=1S/C19H17BrN6O2S/c1-8-4-5-10(28-3)9(2)14(8)26-16(21)11(17(22)27)12-18(26)25-15(20)13(24-12)19-23-6-7-29-19/h4-7H,21H2,1-3H3,(H2,22,27). The summed E-state index contributed by atoms with van der Waals surface area (Å²) in [6.07, 6.45) is 1.68.